The lowest BCUT2D eigenvalue weighted by molar-refractivity contribution is -0.144. The van der Waals surface area contributed by atoms with Crippen molar-refractivity contribution in [1.29, 1.82) is 0 Å². The Balaban J connectivity index is 0.908. The highest BCUT2D eigenvalue weighted by Gasteiger charge is 2.44. The first-order valence-electron chi connectivity index (χ1n) is 23.0. The number of hydrogen-bond acceptors (Lipinski definition) is 15. The maximum Gasteiger partial charge on any atom is 0.246 e. The summed E-state index contributed by atoms with van der Waals surface area (Å²) < 4.78 is 12.9. The van der Waals surface area contributed by atoms with Crippen molar-refractivity contribution in [2.24, 2.45) is 5.41 Å². The van der Waals surface area contributed by atoms with E-state index in [1.54, 1.807) is 36.9 Å². The minimum absolute atomic E-state index is 0.0299. The maximum atomic E-state index is 14.0. The second-order valence-corrected chi connectivity index (χ2v) is 19.4. The second-order valence-electron chi connectivity index (χ2n) is 18.6. The van der Waals surface area contributed by atoms with Crippen LogP contribution in [-0.4, -0.2) is 112 Å². The number of amides is 4. The number of aryl methyl sites for hydroxylation is 2. The van der Waals surface area contributed by atoms with Crippen LogP contribution in [0.2, 0.25) is 0 Å². The van der Waals surface area contributed by atoms with Crippen LogP contribution in [0.1, 0.15) is 110 Å². The van der Waals surface area contributed by atoms with Gasteiger partial charge in [-0.3, -0.25) is 19.2 Å². The number of ether oxygens (including phenoxy) is 1. The number of thiazole rings is 1. The van der Waals surface area contributed by atoms with E-state index in [4.69, 9.17) is 20.1 Å². The van der Waals surface area contributed by atoms with Crippen molar-refractivity contribution < 1.29 is 38.8 Å². The molecule has 1 aliphatic heterocycles. The zero-order valence-corrected chi connectivity index (χ0v) is 40.7. The fourth-order valence-electron chi connectivity index (χ4n) is 7.88. The molecule has 0 bridgehead atoms. The molecule has 364 valence electrons. The molecule has 1 aromatic carbocycles. The summed E-state index contributed by atoms with van der Waals surface area (Å²) in [6.07, 6.45) is 5.06. The number of aliphatic hydroxyl groups is 2. The Labute approximate surface area is 400 Å². The molecule has 0 saturated carbocycles. The summed E-state index contributed by atoms with van der Waals surface area (Å²) in [5, 5.41) is 37.0. The zero-order chi connectivity index (χ0) is 49.2. The lowest BCUT2D eigenvalue weighted by atomic mass is 9.85. The van der Waals surface area contributed by atoms with Crippen LogP contribution >= 0.6 is 11.3 Å². The van der Waals surface area contributed by atoms with Crippen LogP contribution in [0.15, 0.2) is 40.6 Å². The number of carbonyl (C=O) groups is 4. The number of carbonyl (C=O) groups excluding carboxylic acids is 4. The summed E-state index contributed by atoms with van der Waals surface area (Å²) in [6.45, 7) is 13.8. The van der Waals surface area contributed by atoms with Gasteiger partial charge in [0.15, 0.2) is 23.1 Å². The minimum Gasteiger partial charge on any atom is -0.490 e. The lowest BCUT2D eigenvalue weighted by Gasteiger charge is -2.35. The van der Waals surface area contributed by atoms with E-state index < -0.39 is 41.0 Å². The number of hydrogen-bond donors (Lipinski definition) is 6. The summed E-state index contributed by atoms with van der Waals surface area (Å²) in [5.74, 6) is 5.32. The topological polar surface area (TPSA) is 266 Å². The Hall–Kier alpha value is -6.43. The summed E-state index contributed by atoms with van der Waals surface area (Å²) in [4.78, 5) is 69.3. The highest BCUT2D eigenvalue weighted by atomic mass is 32.1. The molecule has 19 nitrogen and oxygen atoms in total. The molecule has 5 aromatic rings. The van der Waals surface area contributed by atoms with Crippen molar-refractivity contribution in [3.8, 4) is 39.5 Å². The number of anilines is 1. The van der Waals surface area contributed by atoms with E-state index in [1.807, 2.05) is 63.5 Å². The number of nitrogens with two attached hydrogens (primary N) is 1. The summed E-state index contributed by atoms with van der Waals surface area (Å²) in [5.41, 5.74) is 10.5. The second kappa shape index (κ2) is 22.6. The molecule has 6 rings (SSSR count). The van der Waals surface area contributed by atoms with Gasteiger partial charge >= 0.3 is 0 Å². The third-order valence-electron chi connectivity index (χ3n) is 11.5. The molecule has 1 aliphatic rings. The predicted molar refractivity (Wildman–Crippen MR) is 257 cm³/mol. The number of nitrogens with one attached hydrogen (secondary N) is 3. The number of fused-ring (bicyclic) bond motifs is 1. The van der Waals surface area contributed by atoms with Gasteiger partial charge in [0.2, 0.25) is 23.6 Å². The standard InChI is InChI=1S/C48H63N11O8S/c1-8-58-40-35(26-51-33(19-21-48(6,7)65)38(40)55-44(58)39-43(49)57-67-56-39)66-23-13-11-9-10-12-14-36(61)50-22-20-37(62)54-42(47(3,4)5)46(64)59-27-32(60)24-34(59)45(63)52-25-30-15-17-31(18-16-30)41-29(2)53-28-68-41/h15-18,26,28,32,34,42,60,65H,8-14,20,22-25,27H2,1-7H3,(H2,49,57)(H,50,61)(H,52,63)(H,54,62)/t32-,34+,42-/m1/s1. The van der Waals surface area contributed by atoms with E-state index in [0.29, 0.717) is 54.3 Å². The van der Waals surface area contributed by atoms with Gasteiger partial charge in [-0.1, -0.05) is 70.2 Å². The number of β-amino-alcohol motifs (C(OH)–C–C–N with tert-alkyl or cyclic N) is 1. The van der Waals surface area contributed by atoms with Gasteiger partial charge in [0.1, 0.15) is 34.4 Å². The predicted octanol–water partition coefficient (Wildman–Crippen LogP) is 4.67. The molecule has 4 aromatic heterocycles. The van der Waals surface area contributed by atoms with E-state index in [1.165, 1.54) is 4.90 Å². The maximum absolute atomic E-state index is 14.0. The monoisotopic (exact) mass is 953 g/mol. The number of pyridine rings is 1. The van der Waals surface area contributed by atoms with E-state index in [2.05, 4.69) is 48.1 Å². The number of rotatable bonds is 20. The summed E-state index contributed by atoms with van der Waals surface area (Å²) >= 11 is 1.57. The van der Waals surface area contributed by atoms with Crippen LogP contribution in [0, 0.1) is 24.2 Å². The Bertz CT molecular complexity index is 2620. The molecule has 5 heterocycles. The van der Waals surface area contributed by atoms with Crippen LogP contribution in [0.3, 0.4) is 0 Å². The average Bonchev–Trinajstić information content (AvgIpc) is 4.10. The summed E-state index contributed by atoms with van der Waals surface area (Å²) in [7, 11) is 0. The number of unbranched alkanes of at least 4 members (excludes halogenated alkanes) is 4. The van der Waals surface area contributed by atoms with Gasteiger partial charge in [-0.15, -0.1) is 11.3 Å². The number of imidazole rings is 1. The van der Waals surface area contributed by atoms with Crippen molar-refractivity contribution in [1.82, 2.24) is 50.7 Å². The van der Waals surface area contributed by atoms with Crippen LogP contribution in [0.5, 0.6) is 5.75 Å². The minimum atomic E-state index is -1.24. The summed E-state index contributed by atoms with van der Waals surface area (Å²) in [6, 6.07) is 5.96. The van der Waals surface area contributed by atoms with E-state index in [-0.39, 0.29) is 55.8 Å². The molecule has 1 fully saturated rings. The van der Waals surface area contributed by atoms with Gasteiger partial charge in [-0.2, -0.15) is 0 Å². The van der Waals surface area contributed by atoms with Crippen molar-refractivity contribution in [2.45, 2.75) is 137 Å². The number of benzene rings is 1. The third-order valence-corrected chi connectivity index (χ3v) is 12.4. The van der Waals surface area contributed by atoms with Crippen LogP contribution < -0.4 is 26.4 Å². The molecule has 68 heavy (non-hydrogen) atoms. The van der Waals surface area contributed by atoms with Crippen LogP contribution in [-0.2, 0) is 32.3 Å². The number of nitrogen functional groups attached to an aromatic ring is 1. The van der Waals surface area contributed by atoms with Gasteiger partial charge in [-0.25, -0.2) is 19.6 Å². The SMILES string of the molecule is CCn1c(-c2nonc2N)nc2c(C#CC(C)(C)O)ncc(OCCCCCCCC(=O)NCCC(=O)N[C@H](C(=O)N3C[C@H](O)C[C@H]3C(=O)NCc3ccc(-c4scnc4C)cc3)C(C)(C)C)c21. The smallest absolute Gasteiger partial charge is 0.246 e. The molecule has 3 atom stereocenters. The number of nitrogens with zero attached hydrogens (tertiary/aromatic N) is 7. The molecule has 0 radical (unpaired) electrons. The highest BCUT2D eigenvalue weighted by molar-refractivity contribution is 7.13. The lowest BCUT2D eigenvalue weighted by Crippen LogP contribution is -2.57. The Kier molecular flexibility index (Phi) is 16.9. The van der Waals surface area contributed by atoms with Gasteiger partial charge in [-0.05, 0) is 73.3 Å². The largest absolute Gasteiger partial charge is 0.490 e. The molecule has 0 aliphatic carbocycles. The van der Waals surface area contributed by atoms with Gasteiger partial charge < -0.3 is 46.1 Å². The van der Waals surface area contributed by atoms with Crippen molar-refractivity contribution in [3.63, 3.8) is 0 Å². The van der Waals surface area contributed by atoms with E-state index in [0.717, 1.165) is 47.4 Å². The molecular weight excluding hydrogens is 891 g/mol. The first-order valence-corrected chi connectivity index (χ1v) is 23.9. The number of likely N-dealkylation sites (tertiary alicyclic amines) is 1. The molecule has 7 N–H and O–H groups in total. The molecule has 4 amide bonds. The van der Waals surface area contributed by atoms with Gasteiger partial charge in [0.25, 0.3) is 0 Å². The van der Waals surface area contributed by atoms with E-state index in [9.17, 15) is 29.4 Å². The quantitative estimate of drug-likeness (QED) is 0.0458. The Morgan fingerprint density at radius 2 is 1.74 bits per heavy atom. The Morgan fingerprint density at radius 3 is 2.40 bits per heavy atom. The zero-order valence-electron chi connectivity index (χ0n) is 39.8. The van der Waals surface area contributed by atoms with Crippen molar-refractivity contribution in [2.75, 3.05) is 25.4 Å². The molecule has 20 heteroatoms. The van der Waals surface area contributed by atoms with Gasteiger partial charge in [0, 0.05) is 45.4 Å². The first-order chi connectivity index (χ1) is 32.3. The van der Waals surface area contributed by atoms with Crippen LogP contribution in [0.25, 0.3) is 33.0 Å². The Morgan fingerprint density at radius 1 is 1.00 bits per heavy atom. The normalized spacial score (nSPS) is 15.5. The van der Waals surface area contributed by atoms with Crippen molar-refractivity contribution in [3.05, 3.63) is 52.9 Å². The first kappa shape index (κ1) is 51.0. The van der Waals surface area contributed by atoms with Crippen molar-refractivity contribution >= 4 is 51.8 Å². The molecule has 0 unspecified atom stereocenters. The molecule has 0 spiro atoms. The molecule has 1 saturated heterocycles. The molecular formula is C48H63N11O8S. The fourth-order valence-corrected chi connectivity index (χ4v) is 8.69. The highest BCUT2D eigenvalue weighted by Crippen LogP contribution is 2.34. The van der Waals surface area contributed by atoms with E-state index >= 15 is 0 Å². The average molecular weight is 954 g/mol. The number of aromatic nitrogens is 6. The van der Waals surface area contributed by atoms with Crippen LogP contribution in [0.4, 0.5) is 5.82 Å². The van der Waals surface area contributed by atoms with Gasteiger partial charge in [0.05, 0.1) is 35.0 Å². The fraction of sp³-hybridized carbons (Fsp3) is 0.521. The number of aliphatic hydroxyl groups excluding tert-OH is 1. The third kappa shape index (κ3) is 13.2.